The van der Waals surface area contributed by atoms with Crippen LogP contribution in [0.3, 0.4) is 0 Å². The molecular weight excluding hydrogens is 224 g/mol. The summed E-state index contributed by atoms with van der Waals surface area (Å²) in [6.07, 6.45) is 0.804. The standard InChI is InChI=1S/C15H24N2O/c1-7-15(5,6)14(18)17-13-10(3)8-9(2)12(16)11(13)4/h8H,7,16H2,1-6H3,(H,17,18). The SMILES string of the molecule is CCC(C)(C)C(=O)Nc1c(C)cc(C)c(N)c1C. The van der Waals surface area contributed by atoms with Crippen LogP contribution in [0, 0.1) is 26.2 Å². The number of nitrogens with two attached hydrogens (primary N) is 1. The molecule has 0 aromatic heterocycles. The zero-order valence-corrected chi connectivity index (χ0v) is 12.3. The van der Waals surface area contributed by atoms with Gasteiger partial charge in [-0.15, -0.1) is 0 Å². The van der Waals surface area contributed by atoms with E-state index < -0.39 is 0 Å². The summed E-state index contributed by atoms with van der Waals surface area (Å²) in [5, 5.41) is 3.02. The van der Waals surface area contributed by atoms with Crippen LogP contribution in [0.15, 0.2) is 6.07 Å². The predicted molar refractivity (Wildman–Crippen MR) is 77.8 cm³/mol. The summed E-state index contributed by atoms with van der Waals surface area (Å²) in [4.78, 5) is 12.2. The summed E-state index contributed by atoms with van der Waals surface area (Å²) in [6.45, 7) is 11.8. The number of anilines is 2. The molecule has 1 aromatic rings. The number of aryl methyl sites for hydroxylation is 2. The highest BCUT2D eigenvalue weighted by Crippen LogP contribution is 2.30. The number of hydrogen-bond donors (Lipinski definition) is 2. The first-order valence-corrected chi connectivity index (χ1v) is 6.38. The molecule has 0 aliphatic heterocycles. The first kappa shape index (κ1) is 14.6. The third kappa shape index (κ3) is 2.66. The van der Waals surface area contributed by atoms with Gasteiger partial charge in [0.2, 0.25) is 5.91 Å². The van der Waals surface area contributed by atoms with Crippen LogP contribution in [0.5, 0.6) is 0 Å². The summed E-state index contributed by atoms with van der Waals surface area (Å²) < 4.78 is 0. The molecule has 18 heavy (non-hydrogen) atoms. The maximum atomic E-state index is 12.2. The van der Waals surface area contributed by atoms with Gasteiger partial charge in [-0.25, -0.2) is 0 Å². The lowest BCUT2D eigenvalue weighted by Gasteiger charge is -2.24. The number of hydrogen-bond acceptors (Lipinski definition) is 2. The van der Waals surface area contributed by atoms with Gasteiger partial charge in [-0.1, -0.05) is 26.8 Å². The fraction of sp³-hybridized carbons (Fsp3) is 0.533. The van der Waals surface area contributed by atoms with Gasteiger partial charge in [0.05, 0.1) is 0 Å². The van der Waals surface area contributed by atoms with Gasteiger partial charge >= 0.3 is 0 Å². The summed E-state index contributed by atoms with van der Waals surface area (Å²) >= 11 is 0. The summed E-state index contributed by atoms with van der Waals surface area (Å²) in [5.41, 5.74) is 10.3. The van der Waals surface area contributed by atoms with Crippen LogP contribution in [0.4, 0.5) is 11.4 Å². The minimum Gasteiger partial charge on any atom is -0.398 e. The van der Waals surface area contributed by atoms with E-state index in [1.807, 2.05) is 47.6 Å². The lowest BCUT2D eigenvalue weighted by atomic mass is 9.89. The molecule has 0 aliphatic carbocycles. The van der Waals surface area contributed by atoms with E-state index in [1.54, 1.807) is 0 Å². The van der Waals surface area contributed by atoms with E-state index in [0.717, 1.165) is 34.5 Å². The number of rotatable bonds is 3. The molecule has 1 rings (SSSR count). The first-order chi connectivity index (χ1) is 8.20. The maximum Gasteiger partial charge on any atom is 0.230 e. The van der Waals surface area contributed by atoms with Crippen molar-refractivity contribution >= 4 is 17.3 Å². The Balaban J connectivity index is 3.14. The Morgan fingerprint density at radius 1 is 1.28 bits per heavy atom. The highest BCUT2D eigenvalue weighted by Gasteiger charge is 2.26. The first-order valence-electron chi connectivity index (χ1n) is 6.38. The molecule has 3 heteroatoms. The monoisotopic (exact) mass is 248 g/mol. The second-order valence-corrected chi connectivity index (χ2v) is 5.62. The third-order valence-corrected chi connectivity index (χ3v) is 3.77. The van der Waals surface area contributed by atoms with Gasteiger partial charge in [-0.2, -0.15) is 0 Å². The minimum atomic E-state index is -0.363. The highest BCUT2D eigenvalue weighted by molar-refractivity contribution is 5.97. The molecular formula is C15H24N2O. The van der Waals surface area contributed by atoms with Crippen LogP contribution in [-0.2, 0) is 4.79 Å². The third-order valence-electron chi connectivity index (χ3n) is 3.77. The fourth-order valence-electron chi connectivity index (χ4n) is 1.84. The molecule has 0 unspecified atom stereocenters. The Morgan fingerprint density at radius 3 is 2.33 bits per heavy atom. The quantitative estimate of drug-likeness (QED) is 0.803. The number of benzene rings is 1. The van der Waals surface area contributed by atoms with Gasteiger partial charge in [0.15, 0.2) is 0 Å². The van der Waals surface area contributed by atoms with E-state index in [2.05, 4.69) is 5.32 Å². The normalized spacial score (nSPS) is 11.4. The molecule has 1 amide bonds. The smallest absolute Gasteiger partial charge is 0.230 e. The van der Waals surface area contributed by atoms with Crippen LogP contribution in [0.1, 0.15) is 43.9 Å². The van der Waals surface area contributed by atoms with Crippen molar-refractivity contribution in [2.45, 2.75) is 48.0 Å². The van der Waals surface area contributed by atoms with Crippen molar-refractivity contribution in [3.8, 4) is 0 Å². The fourth-order valence-corrected chi connectivity index (χ4v) is 1.84. The second-order valence-electron chi connectivity index (χ2n) is 5.62. The Labute approximate surface area is 110 Å². The van der Waals surface area contributed by atoms with Crippen molar-refractivity contribution in [1.82, 2.24) is 0 Å². The Bertz CT molecular complexity index is 476. The number of nitrogens with one attached hydrogen (secondary N) is 1. The molecule has 0 saturated carbocycles. The van der Waals surface area contributed by atoms with E-state index in [-0.39, 0.29) is 11.3 Å². The van der Waals surface area contributed by atoms with Crippen LogP contribution in [0.25, 0.3) is 0 Å². The van der Waals surface area contributed by atoms with E-state index in [1.165, 1.54) is 0 Å². The Morgan fingerprint density at radius 2 is 1.83 bits per heavy atom. The van der Waals surface area contributed by atoms with Gasteiger partial charge in [0, 0.05) is 16.8 Å². The van der Waals surface area contributed by atoms with Crippen molar-refractivity contribution in [3.05, 3.63) is 22.8 Å². The van der Waals surface area contributed by atoms with E-state index in [4.69, 9.17) is 5.73 Å². The van der Waals surface area contributed by atoms with Gasteiger partial charge in [-0.05, 0) is 43.9 Å². The number of carbonyl (C=O) groups excluding carboxylic acids is 1. The zero-order valence-electron chi connectivity index (χ0n) is 12.3. The maximum absolute atomic E-state index is 12.2. The van der Waals surface area contributed by atoms with Crippen LogP contribution < -0.4 is 11.1 Å². The highest BCUT2D eigenvalue weighted by atomic mass is 16.2. The summed E-state index contributed by atoms with van der Waals surface area (Å²) in [7, 11) is 0. The van der Waals surface area contributed by atoms with Crippen LogP contribution in [0.2, 0.25) is 0 Å². The van der Waals surface area contributed by atoms with Gasteiger partial charge in [0.1, 0.15) is 0 Å². The van der Waals surface area contributed by atoms with Gasteiger partial charge < -0.3 is 11.1 Å². The molecule has 0 fully saturated rings. The average Bonchev–Trinajstić information content (AvgIpc) is 2.31. The molecule has 3 nitrogen and oxygen atoms in total. The largest absolute Gasteiger partial charge is 0.398 e. The Hall–Kier alpha value is -1.51. The van der Waals surface area contributed by atoms with Crippen molar-refractivity contribution in [3.63, 3.8) is 0 Å². The lowest BCUT2D eigenvalue weighted by molar-refractivity contribution is -0.124. The molecule has 0 saturated heterocycles. The molecule has 100 valence electrons. The average molecular weight is 248 g/mol. The number of amides is 1. The minimum absolute atomic E-state index is 0.0412. The van der Waals surface area contributed by atoms with Gasteiger partial charge in [0.25, 0.3) is 0 Å². The number of nitrogen functional groups attached to an aromatic ring is 1. The van der Waals surface area contributed by atoms with Crippen molar-refractivity contribution in [2.75, 3.05) is 11.1 Å². The zero-order chi connectivity index (χ0) is 14.1. The van der Waals surface area contributed by atoms with E-state index in [9.17, 15) is 4.79 Å². The van der Waals surface area contributed by atoms with E-state index in [0.29, 0.717) is 0 Å². The van der Waals surface area contributed by atoms with Crippen LogP contribution in [-0.4, -0.2) is 5.91 Å². The predicted octanol–water partition coefficient (Wildman–Crippen LogP) is 3.57. The molecule has 0 spiro atoms. The lowest BCUT2D eigenvalue weighted by Crippen LogP contribution is -2.30. The van der Waals surface area contributed by atoms with Crippen molar-refractivity contribution in [1.29, 1.82) is 0 Å². The van der Waals surface area contributed by atoms with Crippen molar-refractivity contribution in [2.24, 2.45) is 5.41 Å². The molecule has 3 N–H and O–H groups in total. The molecule has 0 radical (unpaired) electrons. The van der Waals surface area contributed by atoms with Crippen LogP contribution >= 0.6 is 0 Å². The number of carbonyl (C=O) groups is 1. The molecule has 0 bridgehead atoms. The molecule has 1 aromatic carbocycles. The van der Waals surface area contributed by atoms with Crippen molar-refractivity contribution < 1.29 is 4.79 Å². The Kier molecular flexibility index (Phi) is 4.05. The topological polar surface area (TPSA) is 55.1 Å². The second kappa shape index (κ2) is 5.01. The molecule has 0 atom stereocenters. The van der Waals surface area contributed by atoms with Gasteiger partial charge in [-0.3, -0.25) is 4.79 Å². The van der Waals surface area contributed by atoms with E-state index >= 15 is 0 Å². The molecule has 0 aliphatic rings. The summed E-state index contributed by atoms with van der Waals surface area (Å²) in [5.74, 6) is 0.0412. The molecule has 0 heterocycles. The summed E-state index contributed by atoms with van der Waals surface area (Å²) in [6, 6.07) is 2.01.